The number of hydrogen-bond donors (Lipinski definition) is 0. The van der Waals surface area contributed by atoms with Gasteiger partial charge in [-0.3, -0.25) is 4.79 Å². The SMILES string of the molecule is COc1cc2c(cc1OC)CN(S(=O)(=O)c1ccc(OC)c(N3CCN(C(=O)c4cc(F)ccc4Cl)CC3)c1)CC2. The first-order valence-electron chi connectivity index (χ1n) is 13.1. The van der Waals surface area contributed by atoms with E-state index in [1.165, 1.54) is 23.5 Å². The molecule has 1 fully saturated rings. The van der Waals surface area contributed by atoms with E-state index in [1.807, 2.05) is 17.0 Å². The van der Waals surface area contributed by atoms with Crippen molar-refractivity contribution in [3.8, 4) is 17.2 Å². The number of rotatable bonds is 7. The number of carbonyl (C=O) groups is 1. The van der Waals surface area contributed by atoms with E-state index in [4.69, 9.17) is 25.8 Å². The van der Waals surface area contributed by atoms with Crippen LogP contribution >= 0.6 is 11.6 Å². The van der Waals surface area contributed by atoms with Gasteiger partial charge in [0.2, 0.25) is 10.0 Å². The molecular formula is C29H31ClFN3O6S. The molecule has 3 aromatic carbocycles. The summed E-state index contributed by atoms with van der Waals surface area (Å²) in [6.07, 6.45) is 0.545. The van der Waals surface area contributed by atoms with Crippen LogP contribution in [0.3, 0.4) is 0 Å². The maximum Gasteiger partial charge on any atom is 0.255 e. The van der Waals surface area contributed by atoms with E-state index in [0.29, 0.717) is 62.1 Å². The summed E-state index contributed by atoms with van der Waals surface area (Å²) in [5.41, 5.74) is 2.63. The molecule has 5 rings (SSSR count). The fraction of sp³-hybridized carbons (Fsp3) is 0.345. The van der Waals surface area contributed by atoms with Crippen LogP contribution in [0, 0.1) is 5.82 Å². The van der Waals surface area contributed by atoms with Gasteiger partial charge < -0.3 is 24.0 Å². The Balaban J connectivity index is 1.35. The van der Waals surface area contributed by atoms with Gasteiger partial charge in [-0.25, -0.2) is 12.8 Å². The van der Waals surface area contributed by atoms with E-state index in [-0.39, 0.29) is 27.9 Å². The Bertz CT molecular complexity index is 1580. The number of halogens is 2. The first-order chi connectivity index (χ1) is 19.7. The summed E-state index contributed by atoms with van der Waals surface area (Å²) in [5.74, 6) is 0.808. The average molecular weight is 604 g/mol. The molecule has 1 saturated heterocycles. The summed E-state index contributed by atoms with van der Waals surface area (Å²) in [6, 6.07) is 12.3. The van der Waals surface area contributed by atoms with Gasteiger partial charge in [0, 0.05) is 39.3 Å². The maximum atomic E-state index is 13.8. The van der Waals surface area contributed by atoms with Crippen LogP contribution in [-0.4, -0.2) is 77.6 Å². The molecule has 3 aromatic rings. The molecular weight excluding hydrogens is 573 g/mol. The summed E-state index contributed by atoms with van der Waals surface area (Å²) in [4.78, 5) is 16.7. The third-order valence-electron chi connectivity index (χ3n) is 7.54. The predicted molar refractivity (Wildman–Crippen MR) is 153 cm³/mol. The minimum atomic E-state index is -3.83. The van der Waals surface area contributed by atoms with Gasteiger partial charge in [-0.05, 0) is 66.1 Å². The van der Waals surface area contributed by atoms with Crippen LogP contribution in [0.1, 0.15) is 21.5 Å². The molecule has 0 bridgehead atoms. The van der Waals surface area contributed by atoms with Crippen molar-refractivity contribution in [2.75, 3.05) is 59.0 Å². The van der Waals surface area contributed by atoms with Gasteiger partial charge in [0.1, 0.15) is 11.6 Å². The van der Waals surface area contributed by atoms with Crippen molar-refractivity contribution in [3.63, 3.8) is 0 Å². The molecule has 0 radical (unpaired) electrons. The number of amides is 1. The van der Waals surface area contributed by atoms with Crippen molar-refractivity contribution in [3.05, 3.63) is 76.1 Å². The van der Waals surface area contributed by atoms with E-state index in [9.17, 15) is 17.6 Å². The zero-order chi connectivity index (χ0) is 29.3. The van der Waals surface area contributed by atoms with E-state index >= 15 is 0 Å². The first-order valence-corrected chi connectivity index (χ1v) is 14.9. The van der Waals surface area contributed by atoms with Gasteiger partial charge in [-0.1, -0.05) is 11.6 Å². The fourth-order valence-electron chi connectivity index (χ4n) is 5.27. The molecule has 9 nitrogen and oxygen atoms in total. The molecule has 0 unspecified atom stereocenters. The van der Waals surface area contributed by atoms with Gasteiger partial charge in [-0.15, -0.1) is 0 Å². The van der Waals surface area contributed by atoms with Crippen LogP contribution in [-0.2, 0) is 23.0 Å². The summed E-state index contributed by atoms with van der Waals surface area (Å²) in [5, 5.41) is 0.191. The molecule has 0 N–H and O–H groups in total. The van der Waals surface area contributed by atoms with Crippen molar-refractivity contribution < 1.29 is 31.8 Å². The monoisotopic (exact) mass is 603 g/mol. The Morgan fingerprint density at radius 1 is 0.829 bits per heavy atom. The molecule has 0 saturated carbocycles. The molecule has 0 atom stereocenters. The van der Waals surface area contributed by atoms with Gasteiger partial charge >= 0.3 is 0 Å². The Morgan fingerprint density at radius 2 is 1.49 bits per heavy atom. The molecule has 41 heavy (non-hydrogen) atoms. The summed E-state index contributed by atoms with van der Waals surface area (Å²) >= 11 is 6.14. The smallest absolute Gasteiger partial charge is 0.255 e. The highest BCUT2D eigenvalue weighted by Gasteiger charge is 2.31. The normalized spacial score (nSPS) is 15.8. The lowest BCUT2D eigenvalue weighted by Crippen LogP contribution is -2.49. The second kappa shape index (κ2) is 11.8. The van der Waals surface area contributed by atoms with E-state index < -0.39 is 15.8 Å². The molecule has 1 amide bonds. The second-order valence-electron chi connectivity index (χ2n) is 9.80. The lowest BCUT2D eigenvalue weighted by molar-refractivity contribution is 0.0746. The number of sulfonamides is 1. The number of methoxy groups -OCH3 is 3. The highest BCUT2D eigenvalue weighted by molar-refractivity contribution is 7.89. The standard InChI is InChI=1S/C29H31ClFN3O6S/c1-38-26-7-5-22(41(36,37)34-9-8-19-14-27(39-2)28(40-3)15-20(19)18-34)17-25(26)32-10-12-33(13-11-32)29(35)23-16-21(31)4-6-24(23)30/h4-7,14-17H,8-13,18H2,1-3H3. The van der Waals surface area contributed by atoms with Crippen molar-refractivity contribution in [1.82, 2.24) is 9.21 Å². The minimum absolute atomic E-state index is 0.116. The lowest BCUT2D eigenvalue weighted by atomic mass is 10.0. The number of hydrogen-bond acceptors (Lipinski definition) is 7. The Morgan fingerprint density at radius 3 is 2.15 bits per heavy atom. The van der Waals surface area contributed by atoms with E-state index in [2.05, 4.69) is 0 Å². The molecule has 2 aliphatic rings. The van der Waals surface area contributed by atoms with Gasteiger partial charge in [0.25, 0.3) is 5.91 Å². The van der Waals surface area contributed by atoms with Gasteiger partial charge in [0.05, 0.1) is 42.5 Å². The Hall–Kier alpha value is -3.54. The van der Waals surface area contributed by atoms with Crippen LogP contribution < -0.4 is 19.1 Å². The highest BCUT2D eigenvalue weighted by atomic mass is 35.5. The fourth-order valence-corrected chi connectivity index (χ4v) is 6.91. The number of carbonyl (C=O) groups excluding carboxylic acids is 1. The summed E-state index contributed by atoms with van der Waals surface area (Å²) in [6.45, 7) is 2.09. The van der Waals surface area contributed by atoms with Crippen LogP contribution in [0.2, 0.25) is 5.02 Å². The van der Waals surface area contributed by atoms with E-state index in [1.54, 1.807) is 37.3 Å². The molecule has 2 heterocycles. The van der Waals surface area contributed by atoms with Crippen molar-refractivity contribution in [1.29, 1.82) is 0 Å². The van der Waals surface area contributed by atoms with Crippen LogP contribution in [0.25, 0.3) is 0 Å². The predicted octanol–water partition coefficient (Wildman–Crippen LogP) is 4.21. The lowest BCUT2D eigenvalue weighted by Gasteiger charge is -2.37. The van der Waals surface area contributed by atoms with Crippen molar-refractivity contribution >= 4 is 33.2 Å². The second-order valence-corrected chi connectivity index (χ2v) is 12.1. The number of anilines is 1. The minimum Gasteiger partial charge on any atom is -0.495 e. The quantitative estimate of drug-likeness (QED) is 0.400. The average Bonchev–Trinajstić information content (AvgIpc) is 3.00. The topological polar surface area (TPSA) is 88.6 Å². The zero-order valence-corrected chi connectivity index (χ0v) is 24.6. The van der Waals surface area contributed by atoms with E-state index in [0.717, 1.165) is 17.2 Å². The van der Waals surface area contributed by atoms with Crippen molar-refractivity contribution in [2.45, 2.75) is 17.9 Å². The van der Waals surface area contributed by atoms with Crippen LogP contribution in [0.15, 0.2) is 53.4 Å². The summed E-state index contributed by atoms with van der Waals surface area (Å²) < 4.78 is 59.1. The summed E-state index contributed by atoms with van der Waals surface area (Å²) in [7, 11) is 0.820. The molecule has 12 heteroatoms. The highest BCUT2D eigenvalue weighted by Crippen LogP contribution is 2.37. The van der Waals surface area contributed by atoms with Gasteiger partial charge in [-0.2, -0.15) is 4.31 Å². The number of fused-ring (bicyclic) bond motifs is 1. The third kappa shape index (κ3) is 5.66. The van der Waals surface area contributed by atoms with Crippen LogP contribution in [0.4, 0.5) is 10.1 Å². The number of benzene rings is 3. The zero-order valence-electron chi connectivity index (χ0n) is 23.0. The number of nitrogens with zero attached hydrogens (tertiary/aromatic N) is 3. The molecule has 2 aliphatic heterocycles. The van der Waals surface area contributed by atoms with Gasteiger partial charge in [0.15, 0.2) is 11.5 Å². The molecule has 0 spiro atoms. The van der Waals surface area contributed by atoms with Crippen molar-refractivity contribution in [2.24, 2.45) is 0 Å². The largest absolute Gasteiger partial charge is 0.495 e. The Kier molecular flexibility index (Phi) is 8.30. The molecule has 0 aromatic heterocycles. The Labute approximate surface area is 244 Å². The number of ether oxygens (including phenoxy) is 3. The maximum absolute atomic E-state index is 13.8. The van der Waals surface area contributed by atoms with Crippen LogP contribution in [0.5, 0.6) is 17.2 Å². The third-order valence-corrected chi connectivity index (χ3v) is 9.71. The molecule has 218 valence electrons. The first kappa shape index (κ1) is 29.0. The number of piperazine rings is 1. The molecule has 0 aliphatic carbocycles.